The van der Waals surface area contributed by atoms with Gasteiger partial charge in [-0.3, -0.25) is 4.79 Å². The van der Waals surface area contributed by atoms with E-state index in [0.717, 1.165) is 66.9 Å². The number of para-hydroxylation sites is 1. The predicted octanol–water partition coefficient (Wildman–Crippen LogP) is 4.10. The number of aromatic nitrogens is 1. The molecule has 1 saturated heterocycles. The van der Waals surface area contributed by atoms with E-state index in [4.69, 9.17) is 4.98 Å². The number of hydrogen-bond acceptors (Lipinski definition) is 3. The van der Waals surface area contributed by atoms with Gasteiger partial charge in [0.1, 0.15) is 11.6 Å². The molecule has 1 aliphatic carbocycles. The number of carbonyl (C=O) groups is 1. The molecule has 2 aromatic carbocycles. The van der Waals surface area contributed by atoms with Crippen LogP contribution < -0.4 is 4.90 Å². The second kappa shape index (κ2) is 6.89. The van der Waals surface area contributed by atoms with E-state index in [9.17, 15) is 9.18 Å². The van der Waals surface area contributed by atoms with E-state index in [2.05, 4.69) is 17.0 Å². The van der Waals surface area contributed by atoms with E-state index in [0.29, 0.717) is 5.91 Å². The Morgan fingerprint density at radius 1 is 0.929 bits per heavy atom. The van der Waals surface area contributed by atoms with Crippen molar-refractivity contribution < 1.29 is 9.18 Å². The van der Waals surface area contributed by atoms with Crippen LogP contribution in [0.2, 0.25) is 0 Å². The number of halogens is 1. The third kappa shape index (κ3) is 3.21. The Bertz CT molecular complexity index is 1020. The Labute approximate surface area is 163 Å². The summed E-state index contributed by atoms with van der Waals surface area (Å²) in [5, 5.41) is 1.06. The van der Waals surface area contributed by atoms with Gasteiger partial charge in [-0.1, -0.05) is 30.3 Å². The summed E-state index contributed by atoms with van der Waals surface area (Å²) in [6.07, 6.45) is 2.11. The van der Waals surface area contributed by atoms with Gasteiger partial charge in [-0.2, -0.15) is 0 Å². The number of rotatable bonds is 3. The van der Waals surface area contributed by atoms with Crippen LogP contribution in [-0.2, 0) is 4.79 Å². The van der Waals surface area contributed by atoms with Gasteiger partial charge >= 0.3 is 0 Å². The van der Waals surface area contributed by atoms with Crippen LogP contribution in [0, 0.1) is 11.7 Å². The molecule has 4 nitrogen and oxygen atoms in total. The SMILES string of the molecule is O=C(C1CC1)N1CCN(c2ccc3cccc(-c4ccc(F)cc4)c3n2)CC1. The third-order valence-corrected chi connectivity index (χ3v) is 5.70. The highest BCUT2D eigenvalue weighted by molar-refractivity contribution is 5.94. The molecular weight excluding hydrogens is 353 g/mol. The summed E-state index contributed by atoms with van der Waals surface area (Å²) >= 11 is 0. The quantitative estimate of drug-likeness (QED) is 0.692. The van der Waals surface area contributed by atoms with Crippen LogP contribution in [0.3, 0.4) is 0 Å². The molecule has 142 valence electrons. The zero-order valence-corrected chi connectivity index (χ0v) is 15.6. The fraction of sp³-hybridized carbons (Fsp3) is 0.304. The fourth-order valence-corrected chi connectivity index (χ4v) is 3.92. The van der Waals surface area contributed by atoms with Crippen molar-refractivity contribution in [2.45, 2.75) is 12.8 Å². The topological polar surface area (TPSA) is 36.4 Å². The Kier molecular flexibility index (Phi) is 4.23. The summed E-state index contributed by atoms with van der Waals surface area (Å²) in [6, 6.07) is 16.8. The molecule has 1 aromatic heterocycles. The maximum Gasteiger partial charge on any atom is 0.225 e. The van der Waals surface area contributed by atoms with E-state index < -0.39 is 0 Å². The van der Waals surface area contributed by atoms with E-state index >= 15 is 0 Å². The van der Waals surface area contributed by atoms with Gasteiger partial charge in [-0.05, 0) is 42.7 Å². The highest BCUT2D eigenvalue weighted by atomic mass is 19.1. The summed E-state index contributed by atoms with van der Waals surface area (Å²) in [4.78, 5) is 21.5. The maximum absolute atomic E-state index is 13.3. The third-order valence-electron chi connectivity index (χ3n) is 5.70. The van der Waals surface area contributed by atoms with Gasteiger partial charge in [0.15, 0.2) is 0 Å². The summed E-state index contributed by atoms with van der Waals surface area (Å²) < 4.78 is 13.3. The molecule has 1 aliphatic heterocycles. The maximum atomic E-state index is 13.3. The Balaban J connectivity index is 1.42. The molecule has 0 N–H and O–H groups in total. The van der Waals surface area contributed by atoms with E-state index in [1.54, 1.807) is 12.1 Å². The first-order valence-corrected chi connectivity index (χ1v) is 9.88. The van der Waals surface area contributed by atoms with Gasteiger partial charge in [0, 0.05) is 43.0 Å². The number of fused-ring (bicyclic) bond motifs is 1. The fourth-order valence-electron chi connectivity index (χ4n) is 3.92. The number of amides is 1. The zero-order valence-electron chi connectivity index (χ0n) is 15.6. The number of carbonyl (C=O) groups excluding carboxylic acids is 1. The van der Waals surface area contributed by atoms with Crippen LogP contribution in [0.1, 0.15) is 12.8 Å². The average Bonchev–Trinajstić information content (AvgIpc) is 3.59. The molecule has 5 heteroatoms. The van der Waals surface area contributed by atoms with Crippen molar-refractivity contribution in [3.8, 4) is 11.1 Å². The van der Waals surface area contributed by atoms with Crippen LogP contribution in [-0.4, -0.2) is 42.0 Å². The lowest BCUT2D eigenvalue weighted by Crippen LogP contribution is -2.49. The second-order valence-corrected chi connectivity index (χ2v) is 7.64. The van der Waals surface area contributed by atoms with E-state index in [1.807, 2.05) is 23.1 Å². The molecule has 28 heavy (non-hydrogen) atoms. The van der Waals surface area contributed by atoms with Crippen LogP contribution >= 0.6 is 0 Å². The van der Waals surface area contributed by atoms with E-state index in [-0.39, 0.29) is 11.7 Å². The summed E-state index contributed by atoms with van der Waals surface area (Å²) in [7, 11) is 0. The van der Waals surface area contributed by atoms with Crippen molar-refractivity contribution in [2.75, 3.05) is 31.1 Å². The molecule has 0 radical (unpaired) electrons. The number of piperazine rings is 1. The molecule has 1 amide bonds. The number of hydrogen-bond donors (Lipinski definition) is 0. The minimum absolute atomic E-state index is 0.240. The number of anilines is 1. The van der Waals surface area contributed by atoms with Gasteiger partial charge in [0.05, 0.1) is 5.52 Å². The van der Waals surface area contributed by atoms with Crippen LogP contribution in [0.5, 0.6) is 0 Å². The number of pyridine rings is 1. The lowest BCUT2D eigenvalue weighted by molar-refractivity contribution is -0.132. The smallest absolute Gasteiger partial charge is 0.225 e. The molecule has 0 atom stereocenters. The largest absolute Gasteiger partial charge is 0.353 e. The molecule has 0 unspecified atom stereocenters. The van der Waals surface area contributed by atoms with Crippen molar-refractivity contribution >= 4 is 22.6 Å². The molecule has 5 rings (SSSR count). The average molecular weight is 375 g/mol. The highest BCUT2D eigenvalue weighted by Gasteiger charge is 2.34. The highest BCUT2D eigenvalue weighted by Crippen LogP contribution is 2.32. The first-order chi connectivity index (χ1) is 13.7. The molecule has 0 spiro atoms. The van der Waals surface area contributed by atoms with Crippen molar-refractivity contribution in [3.63, 3.8) is 0 Å². The number of nitrogens with zero attached hydrogens (tertiary/aromatic N) is 3. The zero-order chi connectivity index (χ0) is 19.1. The Morgan fingerprint density at radius 3 is 2.39 bits per heavy atom. The molecule has 0 bridgehead atoms. The first kappa shape index (κ1) is 17.2. The van der Waals surface area contributed by atoms with Gasteiger partial charge in [0.2, 0.25) is 5.91 Å². The summed E-state index contributed by atoms with van der Waals surface area (Å²) in [5.41, 5.74) is 2.88. The van der Waals surface area contributed by atoms with Crippen LogP contribution in [0.4, 0.5) is 10.2 Å². The lowest BCUT2D eigenvalue weighted by Gasteiger charge is -2.35. The van der Waals surface area contributed by atoms with Crippen LogP contribution in [0.25, 0.3) is 22.0 Å². The van der Waals surface area contributed by atoms with Crippen molar-refractivity contribution in [1.82, 2.24) is 9.88 Å². The Hall–Kier alpha value is -2.95. The van der Waals surface area contributed by atoms with Crippen LogP contribution in [0.15, 0.2) is 54.6 Å². The molecule has 2 fully saturated rings. The van der Waals surface area contributed by atoms with Crippen molar-refractivity contribution in [3.05, 3.63) is 60.4 Å². The summed E-state index contributed by atoms with van der Waals surface area (Å²) in [5.74, 6) is 1.30. The van der Waals surface area contributed by atoms with Crippen molar-refractivity contribution in [1.29, 1.82) is 0 Å². The lowest BCUT2D eigenvalue weighted by atomic mass is 10.0. The number of benzene rings is 2. The molecule has 1 saturated carbocycles. The molecular formula is C23H22FN3O. The van der Waals surface area contributed by atoms with Gasteiger partial charge in [0.25, 0.3) is 0 Å². The molecule has 2 aliphatic rings. The standard InChI is InChI=1S/C23H22FN3O/c24-19-9-6-16(7-10-19)20-3-1-2-17-8-11-21(25-22(17)20)26-12-14-27(15-13-26)23(28)18-4-5-18/h1-3,6-11,18H,4-5,12-15H2. The van der Waals surface area contributed by atoms with Crippen molar-refractivity contribution in [2.24, 2.45) is 5.92 Å². The van der Waals surface area contributed by atoms with E-state index in [1.165, 1.54) is 12.1 Å². The first-order valence-electron chi connectivity index (χ1n) is 9.88. The molecule has 2 heterocycles. The van der Waals surface area contributed by atoms with Gasteiger partial charge in [-0.25, -0.2) is 9.37 Å². The predicted molar refractivity (Wildman–Crippen MR) is 109 cm³/mol. The van der Waals surface area contributed by atoms with Gasteiger partial charge in [-0.15, -0.1) is 0 Å². The normalized spacial score (nSPS) is 17.2. The summed E-state index contributed by atoms with van der Waals surface area (Å²) in [6.45, 7) is 3.12. The van der Waals surface area contributed by atoms with Gasteiger partial charge < -0.3 is 9.80 Å². The Morgan fingerprint density at radius 2 is 1.68 bits per heavy atom. The molecule has 3 aromatic rings. The minimum Gasteiger partial charge on any atom is -0.353 e. The second-order valence-electron chi connectivity index (χ2n) is 7.64. The monoisotopic (exact) mass is 375 g/mol. The minimum atomic E-state index is -0.240.